The maximum absolute atomic E-state index is 14.0. The van der Waals surface area contributed by atoms with E-state index in [1.807, 2.05) is 73.6 Å². The fraction of sp³-hybridized carbons (Fsp3) is 0.594. The van der Waals surface area contributed by atoms with E-state index in [4.69, 9.17) is 4.84 Å². The predicted molar refractivity (Wildman–Crippen MR) is 161 cm³/mol. The van der Waals surface area contributed by atoms with Gasteiger partial charge in [-0.1, -0.05) is 84.4 Å². The molecule has 4 amide bonds. The first-order valence-electron chi connectivity index (χ1n) is 14.4. The van der Waals surface area contributed by atoms with Crippen molar-refractivity contribution in [3.63, 3.8) is 0 Å². The van der Waals surface area contributed by atoms with E-state index in [0.29, 0.717) is 5.06 Å². The summed E-state index contributed by atoms with van der Waals surface area (Å²) in [6.07, 6.45) is 1.59. The number of nitrogens with zero attached hydrogens (tertiary/aromatic N) is 2. The quantitative estimate of drug-likeness (QED) is 0.302. The molecule has 3 atom stereocenters. The van der Waals surface area contributed by atoms with Crippen molar-refractivity contribution in [3.05, 3.63) is 47.0 Å². The number of carbonyl (C=O) groups is 5. The Hall–Kier alpha value is -3.53. The molecule has 10 heteroatoms. The van der Waals surface area contributed by atoms with Crippen LogP contribution in [0, 0.1) is 18.3 Å². The van der Waals surface area contributed by atoms with Gasteiger partial charge in [0.05, 0.1) is 12.1 Å². The summed E-state index contributed by atoms with van der Waals surface area (Å²) in [4.78, 5) is 70.8. The van der Waals surface area contributed by atoms with E-state index in [9.17, 15) is 24.0 Å². The summed E-state index contributed by atoms with van der Waals surface area (Å²) >= 11 is 0. The molecule has 0 spiro atoms. The number of nitrogens with one attached hydrogen (secondary N) is 2. The standard InChI is InChI=1S/C32H48N4O6/c1-19(2)23(18-21(4)30(41)42-36-24(37)15-16-25(36)38)35(11)29(40)27(31(5,6)7)34-28(39)26(33-10)32(8,9)22-14-12-13-20(3)17-22/h12-14,17-19,23,26-27,33H,15-16H2,1-11H3,(H,34,39)/b21-18+/t23-,26-,27-/m1/s1. The van der Waals surface area contributed by atoms with Gasteiger partial charge in [-0.2, -0.15) is 0 Å². The highest BCUT2D eigenvalue weighted by molar-refractivity contribution is 6.02. The SMILES string of the molecule is CN[C@H](C(=O)N[C@H](C(=O)N(C)[C@H](/C=C(\C)C(=O)ON1C(=O)CCC1=O)C(C)C)C(C)(C)C)C(C)(C)c1cccc(C)c1. The molecule has 1 aromatic rings. The number of imide groups is 1. The largest absolute Gasteiger partial charge is 0.359 e. The molecule has 232 valence electrons. The summed E-state index contributed by atoms with van der Waals surface area (Å²) in [6, 6.07) is 5.97. The highest BCUT2D eigenvalue weighted by Gasteiger charge is 2.42. The number of carbonyl (C=O) groups excluding carboxylic acids is 5. The zero-order chi connectivity index (χ0) is 32.2. The Labute approximate surface area is 250 Å². The Morgan fingerprint density at radius 1 is 1.02 bits per heavy atom. The maximum atomic E-state index is 14.0. The number of hydrogen-bond donors (Lipinski definition) is 2. The van der Waals surface area contributed by atoms with E-state index in [-0.39, 0.29) is 36.1 Å². The smallest absolute Gasteiger partial charge is 0.342 e. The first-order valence-corrected chi connectivity index (χ1v) is 14.4. The fourth-order valence-corrected chi connectivity index (χ4v) is 5.15. The third kappa shape index (κ3) is 8.06. The summed E-state index contributed by atoms with van der Waals surface area (Å²) in [5.41, 5.74) is 1.01. The number of aryl methyl sites for hydroxylation is 1. The zero-order valence-electron chi connectivity index (χ0n) is 27.0. The topological polar surface area (TPSA) is 125 Å². The van der Waals surface area contributed by atoms with Crippen LogP contribution in [0.25, 0.3) is 0 Å². The molecular weight excluding hydrogens is 536 g/mol. The number of amides is 4. The second-order valence-electron chi connectivity index (χ2n) is 13.1. The van der Waals surface area contributed by atoms with Crippen LogP contribution < -0.4 is 10.6 Å². The van der Waals surface area contributed by atoms with Crippen molar-refractivity contribution >= 4 is 29.6 Å². The molecule has 1 aliphatic rings. The molecule has 0 aliphatic carbocycles. The Balaban J connectivity index is 2.31. The lowest BCUT2D eigenvalue weighted by Crippen LogP contribution is -2.61. The van der Waals surface area contributed by atoms with Crippen molar-refractivity contribution in [1.29, 1.82) is 0 Å². The predicted octanol–water partition coefficient (Wildman–Crippen LogP) is 3.43. The van der Waals surface area contributed by atoms with Crippen molar-refractivity contribution in [1.82, 2.24) is 20.6 Å². The third-order valence-corrected chi connectivity index (χ3v) is 7.83. The minimum absolute atomic E-state index is 0.00275. The van der Waals surface area contributed by atoms with Crippen LogP contribution in [0.4, 0.5) is 0 Å². The molecule has 2 N–H and O–H groups in total. The summed E-state index contributed by atoms with van der Waals surface area (Å²) in [6.45, 7) is 17.0. The lowest BCUT2D eigenvalue weighted by Gasteiger charge is -2.40. The second kappa shape index (κ2) is 13.6. The molecular formula is C32H48N4O6. The number of hydrogen-bond acceptors (Lipinski definition) is 7. The summed E-state index contributed by atoms with van der Waals surface area (Å²) in [5.74, 6) is -2.72. The van der Waals surface area contributed by atoms with Gasteiger partial charge in [0.2, 0.25) is 11.8 Å². The van der Waals surface area contributed by atoms with Crippen molar-refractivity contribution in [3.8, 4) is 0 Å². The lowest BCUT2D eigenvalue weighted by atomic mass is 9.76. The van der Waals surface area contributed by atoms with E-state index in [0.717, 1.165) is 11.1 Å². The lowest BCUT2D eigenvalue weighted by molar-refractivity contribution is -0.194. The number of benzene rings is 1. The minimum Gasteiger partial charge on any atom is -0.342 e. The van der Waals surface area contributed by atoms with Gasteiger partial charge in [0.15, 0.2) is 0 Å². The average Bonchev–Trinajstić information content (AvgIpc) is 3.20. The molecule has 0 saturated carbocycles. The molecule has 2 rings (SSSR count). The molecule has 0 radical (unpaired) electrons. The Kier molecular flexibility index (Phi) is 11.3. The van der Waals surface area contributed by atoms with Gasteiger partial charge < -0.3 is 20.4 Å². The van der Waals surface area contributed by atoms with Gasteiger partial charge in [-0.25, -0.2) is 4.79 Å². The van der Waals surface area contributed by atoms with Crippen LogP contribution in [-0.2, 0) is 34.2 Å². The Bertz CT molecular complexity index is 1210. The van der Waals surface area contributed by atoms with E-state index in [1.165, 1.54) is 11.8 Å². The number of rotatable bonds is 11. The molecule has 1 saturated heterocycles. The van der Waals surface area contributed by atoms with Gasteiger partial charge in [0, 0.05) is 30.9 Å². The Morgan fingerprint density at radius 2 is 1.60 bits per heavy atom. The zero-order valence-corrected chi connectivity index (χ0v) is 27.0. The van der Waals surface area contributed by atoms with Gasteiger partial charge in [-0.15, -0.1) is 5.06 Å². The summed E-state index contributed by atoms with van der Waals surface area (Å²) in [7, 11) is 3.36. The van der Waals surface area contributed by atoms with Crippen molar-refractivity contribution in [2.75, 3.05) is 14.1 Å². The van der Waals surface area contributed by atoms with E-state index >= 15 is 0 Å². The molecule has 0 unspecified atom stereocenters. The molecule has 1 fully saturated rings. The van der Waals surface area contributed by atoms with Gasteiger partial charge in [-0.05, 0) is 37.8 Å². The van der Waals surface area contributed by atoms with E-state index in [2.05, 4.69) is 16.7 Å². The highest BCUT2D eigenvalue weighted by atomic mass is 16.7. The molecule has 0 bridgehead atoms. The van der Waals surface area contributed by atoms with Gasteiger partial charge in [0.25, 0.3) is 11.8 Å². The van der Waals surface area contributed by atoms with E-state index < -0.39 is 46.7 Å². The Morgan fingerprint density at radius 3 is 2.07 bits per heavy atom. The van der Waals surface area contributed by atoms with Crippen LogP contribution in [0.15, 0.2) is 35.9 Å². The maximum Gasteiger partial charge on any atom is 0.359 e. The summed E-state index contributed by atoms with van der Waals surface area (Å²) in [5, 5.41) is 6.67. The first-order chi connectivity index (χ1) is 19.3. The number of hydroxylamine groups is 2. The average molecular weight is 585 g/mol. The van der Waals surface area contributed by atoms with Crippen LogP contribution in [0.1, 0.15) is 79.4 Å². The summed E-state index contributed by atoms with van der Waals surface area (Å²) < 4.78 is 0. The van der Waals surface area contributed by atoms with Crippen molar-refractivity contribution in [2.24, 2.45) is 11.3 Å². The van der Waals surface area contributed by atoms with Crippen molar-refractivity contribution < 1.29 is 28.8 Å². The first kappa shape index (κ1) is 34.7. The van der Waals surface area contributed by atoms with Crippen LogP contribution in [0.5, 0.6) is 0 Å². The van der Waals surface area contributed by atoms with Gasteiger partial charge >= 0.3 is 5.97 Å². The van der Waals surface area contributed by atoms with E-state index in [1.54, 1.807) is 20.2 Å². The van der Waals surface area contributed by atoms with Crippen LogP contribution in [0.2, 0.25) is 0 Å². The molecule has 10 nitrogen and oxygen atoms in total. The van der Waals surface area contributed by atoms with Gasteiger partial charge in [-0.3, -0.25) is 19.2 Å². The highest BCUT2D eigenvalue weighted by Crippen LogP contribution is 2.30. The minimum atomic E-state index is -0.874. The molecule has 1 aromatic carbocycles. The fourth-order valence-electron chi connectivity index (χ4n) is 5.15. The number of likely N-dealkylation sites (N-methyl/N-ethyl adjacent to an activating group) is 2. The normalized spacial score (nSPS) is 16.8. The van der Waals surface area contributed by atoms with Gasteiger partial charge in [0.1, 0.15) is 6.04 Å². The van der Waals surface area contributed by atoms with Crippen molar-refractivity contribution in [2.45, 2.75) is 98.7 Å². The van der Waals surface area contributed by atoms with Crippen LogP contribution >= 0.6 is 0 Å². The second-order valence-corrected chi connectivity index (χ2v) is 13.1. The third-order valence-electron chi connectivity index (χ3n) is 7.83. The monoisotopic (exact) mass is 584 g/mol. The molecule has 1 heterocycles. The molecule has 42 heavy (non-hydrogen) atoms. The molecule has 1 aliphatic heterocycles. The van der Waals surface area contributed by atoms with Crippen LogP contribution in [0.3, 0.4) is 0 Å². The molecule has 0 aromatic heterocycles. The van der Waals surface area contributed by atoms with Crippen LogP contribution in [-0.4, -0.2) is 71.8 Å².